The number of hydrogen-bond acceptors (Lipinski definition) is 23. The zero-order chi connectivity index (χ0) is 85.4. The van der Waals surface area contributed by atoms with Crippen molar-refractivity contribution < 1.29 is 96.5 Å². The summed E-state index contributed by atoms with van der Waals surface area (Å²) < 4.78 is 0. The molecule has 43 heteroatoms. The Morgan fingerprint density at radius 3 is 1.29 bits per heavy atom. The Labute approximate surface area is 656 Å². The summed E-state index contributed by atoms with van der Waals surface area (Å²) in [5, 5.41) is 59.2. The number of nitrogens with one attached hydrogen (secondary N) is 14. The Morgan fingerprint density at radius 1 is 0.398 bits per heavy atom. The highest BCUT2D eigenvalue weighted by Crippen LogP contribution is 2.24. The van der Waals surface area contributed by atoms with Crippen LogP contribution in [0.25, 0.3) is 0 Å². The second kappa shape index (κ2) is 51.3. The van der Waals surface area contributed by atoms with Crippen LogP contribution >= 0.6 is 0 Å². The van der Waals surface area contributed by atoms with Crippen LogP contribution in [0.1, 0.15) is 183 Å². The number of aliphatic carboxylic acids is 2. The summed E-state index contributed by atoms with van der Waals surface area (Å²) in [5.41, 5.74) is 39.2. The average molecular weight is 1610 g/mol. The number of carbonyl (C=O) groups is 18. The zero-order valence-corrected chi connectivity index (χ0v) is 65.7. The van der Waals surface area contributed by atoms with Crippen molar-refractivity contribution in [1.82, 2.24) is 78.9 Å². The molecule has 0 spiro atoms. The minimum atomic E-state index is -1.55. The number of primary amides is 2. The number of likely N-dealkylation sites (tertiary alicyclic amines) is 2. The first-order valence-corrected chi connectivity index (χ1v) is 38.4. The van der Waals surface area contributed by atoms with Gasteiger partial charge in [-0.1, -0.05) is 34.1 Å². The Hall–Kier alpha value is -10.4. The molecule has 43 nitrogen and oxygen atoms in total. The molecule has 2 rings (SSSR count). The van der Waals surface area contributed by atoms with Crippen molar-refractivity contribution in [3.05, 3.63) is 0 Å². The lowest BCUT2D eigenvalue weighted by Crippen LogP contribution is -2.60. The van der Waals surface area contributed by atoms with Gasteiger partial charge in [0.05, 0.1) is 12.6 Å². The molecule has 0 radical (unpaired) electrons. The van der Waals surface area contributed by atoms with E-state index >= 15 is 0 Å². The topological polar surface area (TPSA) is 717 Å². The van der Waals surface area contributed by atoms with Crippen LogP contribution in [0.4, 0.5) is 0 Å². The molecule has 2 heterocycles. The Bertz CT molecular complexity index is 3290. The zero-order valence-electron chi connectivity index (χ0n) is 65.7. The van der Waals surface area contributed by atoms with Crippen LogP contribution in [0.3, 0.4) is 0 Å². The van der Waals surface area contributed by atoms with E-state index in [4.69, 9.17) is 45.5 Å². The van der Waals surface area contributed by atoms with Crippen LogP contribution in [0, 0.1) is 17.2 Å². The van der Waals surface area contributed by atoms with Crippen LogP contribution in [-0.4, -0.2) is 263 Å². The van der Waals surface area contributed by atoms with Crippen LogP contribution in [-0.2, 0) is 86.3 Å². The van der Waals surface area contributed by atoms with Gasteiger partial charge in [-0.3, -0.25) is 86.9 Å². The van der Waals surface area contributed by atoms with E-state index in [9.17, 15) is 96.5 Å². The molecule has 0 aromatic heterocycles. The number of rotatable bonds is 54. The minimum absolute atomic E-state index is 0.0294. The quantitative estimate of drug-likeness (QED) is 0.0153. The monoisotopic (exact) mass is 1610 g/mol. The largest absolute Gasteiger partial charge is 0.481 e. The van der Waals surface area contributed by atoms with Crippen molar-refractivity contribution in [1.29, 1.82) is 5.41 Å². The van der Waals surface area contributed by atoms with Gasteiger partial charge in [-0.15, -0.1) is 0 Å². The molecule has 113 heavy (non-hydrogen) atoms. The molecular weight excluding hydrogens is 1480 g/mol. The summed E-state index contributed by atoms with van der Waals surface area (Å²) in [4.78, 5) is 243. The third kappa shape index (κ3) is 35.9. The maximum absolute atomic E-state index is 14.5. The van der Waals surface area contributed by atoms with Crippen LogP contribution < -0.4 is 109 Å². The number of nitrogens with two attached hydrogens (primary N) is 7. The van der Waals surface area contributed by atoms with Gasteiger partial charge in [0.15, 0.2) is 5.96 Å². The van der Waals surface area contributed by atoms with Crippen molar-refractivity contribution in [2.75, 3.05) is 45.8 Å². The number of carboxylic acids is 2. The van der Waals surface area contributed by atoms with Crippen molar-refractivity contribution in [3.8, 4) is 0 Å². The van der Waals surface area contributed by atoms with E-state index in [1.54, 1.807) is 27.7 Å². The van der Waals surface area contributed by atoms with Gasteiger partial charge in [-0.25, -0.2) is 4.79 Å². The van der Waals surface area contributed by atoms with Crippen molar-refractivity contribution >= 4 is 112 Å². The predicted molar refractivity (Wildman–Crippen MR) is 408 cm³/mol. The molecule has 0 aromatic rings. The number of carbonyl (C=O) groups excluding carboxylic acids is 16. The lowest BCUT2D eigenvalue weighted by Gasteiger charge is -2.33. The fourth-order valence-corrected chi connectivity index (χ4v) is 12.2. The lowest BCUT2D eigenvalue weighted by molar-refractivity contribution is -0.145. The normalized spacial score (nSPS) is 17.0. The van der Waals surface area contributed by atoms with Crippen molar-refractivity contribution in [2.45, 2.75) is 268 Å². The van der Waals surface area contributed by atoms with Gasteiger partial charge in [0.1, 0.15) is 78.5 Å². The average Bonchev–Trinajstić information content (AvgIpc) is 1.70. The second-order valence-electron chi connectivity index (χ2n) is 28.9. The predicted octanol–water partition coefficient (Wildman–Crippen LogP) is -7.75. The van der Waals surface area contributed by atoms with Crippen molar-refractivity contribution in [2.24, 2.45) is 52.0 Å². The van der Waals surface area contributed by atoms with Crippen LogP contribution in [0.5, 0.6) is 0 Å². The maximum Gasteiger partial charge on any atom is 0.326 e. The molecule has 14 atom stereocenters. The Balaban J connectivity index is 2.29. The van der Waals surface area contributed by atoms with E-state index in [-0.39, 0.29) is 116 Å². The molecule has 2 aliphatic rings. The third-order valence-corrected chi connectivity index (χ3v) is 18.8. The molecule has 30 N–H and O–H groups in total. The summed E-state index contributed by atoms with van der Waals surface area (Å²) in [6.45, 7) is 10.3. The molecule has 638 valence electrons. The van der Waals surface area contributed by atoms with E-state index in [0.29, 0.717) is 45.1 Å². The first kappa shape index (κ1) is 98.6. The highest BCUT2D eigenvalue weighted by atomic mass is 16.4. The van der Waals surface area contributed by atoms with E-state index in [2.05, 4.69) is 69.1 Å². The second-order valence-corrected chi connectivity index (χ2v) is 28.9. The van der Waals surface area contributed by atoms with Gasteiger partial charge in [-0.05, 0) is 161 Å². The van der Waals surface area contributed by atoms with E-state index in [1.807, 2.05) is 0 Å². The van der Waals surface area contributed by atoms with Gasteiger partial charge in [0, 0.05) is 38.9 Å². The summed E-state index contributed by atoms with van der Waals surface area (Å²) in [6.07, 6.45) is 1.11. The molecule has 0 aliphatic carbocycles. The molecule has 16 amide bonds. The fourth-order valence-electron chi connectivity index (χ4n) is 12.2. The van der Waals surface area contributed by atoms with Crippen molar-refractivity contribution in [3.63, 3.8) is 0 Å². The number of nitrogens with zero attached hydrogens (tertiary/aromatic N) is 2. The third-order valence-electron chi connectivity index (χ3n) is 18.8. The smallest absolute Gasteiger partial charge is 0.326 e. The summed E-state index contributed by atoms with van der Waals surface area (Å²) in [5.74, 6) is -17.9. The maximum atomic E-state index is 14.5. The first-order valence-electron chi connectivity index (χ1n) is 38.4. The first-order chi connectivity index (χ1) is 53.2. The molecule has 0 aromatic carbocycles. The molecule has 2 aliphatic heterocycles. The van der Waals surface area contributed by atoms with Gasteiger partial charge in [0.25, 0.3) is 0 Å². The highest BCUT2D eigenvalue weighted by Gasteiger charge is 2.44. The molecule has 2 fully saturated rings. The lowest BCUT2D eigenvalue weighted by atomic mass is 10.0. The molecule has 0 unspecified atom stereocenters. The fraction of sp³-hybridized carbons (Fsp3) is 0.729. The Morgan fingerprint density at radius 2 is 0.796 bits per heavy atom. The summed E-state index contributed by atoms with van der Waals surface area (Å²) >= 11 is 0. The molecule has 2 saturated heterocycles. The van der Waals surface area contributed by atoms with Gasteiger partial charge in [-0.2, -0.15) is 0 Å². The standard InChI is InChI=1S/C70H123N23O20/c1-36(2)54(66(109)83-38(5)56(99)81-39(6)58(101)89-47(69(112)113)24-27-51(76)95)90-63(106)44(19-10-13-31-73)86-62(105)43(20-14-32-79-70(77)78)84-52(96)35-80-60(103)42(18-9-12-30-72)85-57(100)40(7)82-61(104)45(23-26-50(75)94)87-64(107)48-21-16-34-93(48)68(111)55(37(3)4)91-65(108)49-22-15-33-92(49)67(110)46(25-28-53(97)98)88-59(102)41(74)17-8-11-29-71/h36-49,54-55H,8-35,71-74H2,1-7H3,(H2,75,94)(H2,76,95)(H,80,103)(H,81,99)(H,82,104)(H,83,109)(H,84,96)(H,85,100)(H,86,105)(H,87,107)(H,88,102)(H,89,101)(H,90,106)(H,91,108)(H,97,98)(H,112,113)(H4,77,78,79)/t38-,39-,40-,41-,42-,43-,44-,45-,46-,47-,48-,49-,54-,55-/m0/s1. The minimum Gasteiger partial charge on any atom is -0.481 e. The SMILES string of the molecule is CC(C)[C@H](NC(=O)[C@H](CCCCN)NC(=O)[C@H](CCCNC(=N)N)NC(=O)CNC(=O)[C@H](CCCCN)NC(=O)[C@H](C)NC(=O)[C@H](CCC(N)=O)NC(=O)[C@@H]1CCCN1C(=O)[C@@H](NC(=O)[C@@H]1CCCN1C(=O)[C@H](CCC(=O)O)NC(=O)[C@@H](N)CCCCN)C(C)C)C(=O)N[C@@H](C)C(=O)N[C@@H](C)C(=O)N[C@@H](CCC(N)=O)C(=O)O. The van der Waals surface area contributed by atoms with Crippen LogP contribution in [0.2, 0.25) is 0 Å². The number of carboxylic acid groups (broad SMARTS) is 2. The van der Waals surface area contributed by atoms with Gasteiger partial charge < -0.3 is 129 Å². The number of unbranched alkanes of at least 4 members (excludes halogenated alkanes) is 3. The van der Waals surface area contributed by atoms with Gasteiger partial charge in [0.2, 0.25) is 94.5 Å². The number of amides is 16. The van der Waals surface area contributed by atoms with E-state index in [1.165, 1.54) is 30.6 Å². The molecule has 0 saturated carbocycles. The van der Waals surface area contributed by atoms with E-state index < -0.39 is 228 Å². The molecular formula is C70H123N23O20. The number of guanidine groups is 1. The number of hydrogen-bond donors (Lipinski definition) is 23. The highest BCUT2D eigenvalue weighted by molar-refractivity contribution is 6.00. The van der Waals surface area contributed by atoms with Gasteiger partial charge >= 0.3 is 11.9 Å². The summed E-state index contributed by atoms with van der Waals surface area (Å²) in [6, 6.07) is -18.7. The van der Waals surface area contributed by atoms with Crippen LogP contribution in [0.15, 0.2) is 0 Å². The molecule has 0 bridgehead atoms. The van der Waals surface area contributed by atoms with E-state index in [0.717, 1.165) is 0 Å². The Kier molecular flexibility index (Phi) is 44.7. The summed E-state index contributed by atoms with van der Waals surface area (Å²) in [7, 11) is 0.